The SMILES string of the molecule is CCOc1cc(CN(C)CCc2ccncc2)ccc1CN. The minimum atomic E-state index is 0.507. The molecule has 4 nitrogen and oxygen atoms in total. The summed E-state index contributed by atoms with van der Waals surface area (Å²) in [4.78, 5) is 6.36. The van der Waals surface area contributed by atoms with Crippen LogP contribution in [0.4, 0.5) is 0 Å². The molecule has 1 aromatic carbocycles. The molecular formula is C18H25N3O. The number of hydrogen-bond donors (Lipinski definition) is 1. The van der Waals surface area contributed by atoms with E-state index >= 15 is 0 Å². The fraction of sp³-hybridized carbons (Fsp3) is 0.389. The molecule has 0 amide bonds. The predicted molar refractivity (Wildman–Crippen MR) is 89.8 cm³/mol. The highest BCUT2D eigenvalue weighted by Gasteiger charge is 2.06. The third-order valence-corrected chi connectivity index (χ3v) is 3.64. The van der Waals surface area contributed by atoms with Crippen LogP contribution in [0.1, 0.15) is 23.6 Å². The van der Waals surface area contributed by atoms with Gasteiger partial charge in [0, 0.05) is 37.6 Å². The first-order valence-corrected chi connectivity index (χ1v) is 7.75. The van der Waals surface area contributed by atoms with E-state index in [1.165, 1.54) is 11.1 Å². The van der Waals surface area contributed by atoms with Crippen molar-refractivity contribution in [3.8, 4) is 5.75 Å². The maximum Gasteiger partial charge on any atom is 0.124 e. The largest absolute Gasteiger partial charge is 0.494 e. The Bertz CT molecular complexity index is 572. The number of rotatable bonds is 8. The quantitative estimate of drug-likeness (QED) is 0.814. The zero-order valence-electron chi connectivity index (χ0n) is 13.5. The Morgan fingerprint density at radius 1 is 1.14 bits per heavy atom. The molecule has 118 valence electrons. The molecule has 2 rings (SSSR count). The number of benzene rings is 1. The Kier molecular flexibility index (Phi) is 6.37. The maximum atomic E-state index is 5.75. The first-order chi connectivity index (χ1) is 10.7. The van der Waals surface area contributed by atoms with Crippen LogP contribution >= 0.6 is 0 Å². The van der Waals surface area contributed by atoms with Crippen molar-refractivity contribution in [2.45, 2.75) is 26.4 Å². The molecule has 22 heavy (non-hydrogen) atoms. The second-order valence-electron chi connectivity index (χ2n) is 5.42. The van der Waals surface area contributed by atoms with Gasteiger partial charge in [-0.2, -0.15) is 0 Å². The summed E-state index contributed by atoms with van der Waals surface area (Å²) in [5, 5.41) is 0. The minimum Gasteiger partial charge on any atom is -0.494 e. The van der Waals surface area contributed by atoms with Crippen molar-refractivity contribution in [1.82, 2.24) is 9.88 Å². The van der Waals surface area contributed by atoms with Crippen LogP contribution < -0.4 is 10.5 Å². The average molecular weight is 299 g/mol. The fourth-order valence-corrected chi connectivity index (χ4v) is 2.42. The summed E-state index contributed by atoms with van der Waals surface area (Å²) < 4.78 is 5.67. The van der Waals surface area contributed by atoms with Gasteiger partial charge in [-0.05, 0) is 49.7 Å². The van der Waals surface area contributed by atoms with E-state index in [2.05, 4.69) is 47.3 Å². The van der Waals surface area contributed by atoms with Crippen LogP contribution in [0.5, 0.6) is 5.75 Å². The van der Waals surface area contributed by atoms with Gasteiger partial charge >= 0.3 is 0 Å². The highest BCUT2D eigenvalue weighted by molar-refractivity contribution is 5.37. The second-order valence-corrected chi connectivity index (χ2v) is 5.42. The lowest BCUT2D eigenvalue weighted by molar-refractivity contribution is 0.323. The topological polar surface area (TPSA) is 51.4 Å². The van der Waals surface area contributed by atoms with E-state index in [9.17, 15) is 0 Å². The minimum absolute atomic E-state index is 0.507. The second kappa shape index (κ2) is 8.51. The molecule has 0 saturated heterocycles. The summed E-state index contributed by atoms with van der Waals surface area (Å²) >= 11 is 0. The van der Waals surface area contributed by atoms with Gasteiger partial charge in [-0.1, -0.05) is 12.1 Å². The Hall–Kier alpha value is -1.91. The number of nitrogens with two attached hydrogens (primary N) is 1. The van der Waals surface area contributed by atoms with Gasteiger partial charge in [0.25, 0.3) is 0 Å². The molecule has 1 heterocycles. The molecule has 0 aliphatic rings. The van der Waals surface area contributed by atoms with Crippen LogP contribution in [-0.4, -0.2) is 30.1 Å². The lowest BCUT2D eigenvalue weighted by Crippen LogP contribution is -2.20. The number of ether oxygens (including phenoxy) is 1. The van der Waals surface area contributed by atoms with Crippen LogP contribution in [0.25, 0.3) is 0 Å². The standard InChI is InChI=1S/C18H25N3O/c1-3-22-18-12-16(4-5-17(18)13-19)14-21(2)11-8-15-6-9-20-10-7-15/h4-7,9-10,12H,3,8,11,13-14,19H2,1-2H3. The fourth-order valence-electron chi connectivity index (χ4n) is 2.42. The Balaban J connectivity index is 1.93. The average Bonchev–Trinajstić information content (AvgIpc) is 2.55. The van der Waals surface area contributed by atoms with Gasteiger partial charge in [0.2, 0.25) is 0 Å². The molecule has 0 aliphatic heterocycles. The number of likely N-dealkylation sites (N-methyl/N-ethyl adjacent to an activating group) is 1. The molecule has 4 heteroatoms. The smallest absolute Gasteiger partial charge is 0.124 e. The number of pyridine rings is 1. The van der Waals surface area contributed by atoms with Crippen molar-refractivity contribution < 1.29 is 4.74 Å². The van der Waals surface area contributed by atoms with Crippen LogP contribution in [0.15, 0.2) is 42.7 Å². The lowest BCUT2D eigenvalue weighted by Gasteiger charge is -2.18. The van der Waals surface area contributed by atoms with E-state index in [1.54, 1.807) is 0 Å². The van der Waals surface area contributed by atoms with Gasteiger partial charge in [-0.25, -0.2) is 0 Å². The van der Waals surface area contributed by atoms with Gasteiger partial charge in [-0.15, -0.1) is 0 Å². The van der Waals surface area contributed by atoms with E-state index in [1.807, 2.05) is 19.3 Å². The number of hydrogen-bond acceptors (Lipinski definition) is 4. The highest BCUT2D eigenvalue weighted by atomic mass is 16.5. The van der Waals surface area contributed by atoms with Crippen molar-refractivity contribution >= 4 is 0 Å². The third kappa shape index (κ3) is 4.83. The molecule has 2 N–H and O–H groups in total. The number of aromatic nitrogens is 1. The van der Waals surface area contributed by atoms with Crippen molar-refractivity contribution in [2.24, 2.45) is 5.73 Å². The molecule has 0 atom stereocenters. The summed E-state index contributed by atoms with van der Waals surface area (Å²) in [6.07, 6.45) is 4.71. The molecule has 0 unspecified atom stereocenters. The molecule has 2 aromatic rings. The maximum absolute atomic E-state index is 5.75. The van der Waals surface area contributed by atoms with Crippen LogP contribution in [-0.2, 0) is 19.5 Å². The number of nitrogens with zero attached hydrogens (tertiary/aromatic N) is 2. The third-order valence-electron chi connectivity index (χ3n) is 3.64. The molecular weight excluding hydrogens is 274 g/mol. The Labute approximate surface area is 132 Å². The molecule has 1 aromatic heterocycles. The summed E-state index contributed by atoms with van der Waals surface area (Å²) in [6.45, 7) is 5.07. The van der Waals surface area contributed by atoms with Crippen molar-refractivity contribution in [2.75, 3.05) is 20.2 Å². The normalized spacial score (nSPS) is 10.9. The molecule has 0 bridgehead atoms. The first kappa shape index (κ1) is 16.5. The van der Waals surface area contributed by atoms with Gasteiger partial charge in [0.1, 0.15) is 5.75 Å². The summed E-state index contributed by atoms with van der Waals surface area (Å²) in [5.74, 6) is 0.907. The van der Waals surface area contributed by atoms with Crippen LogP contribution in [0, 0.1) is 0 Å². The van der Waals surface area contributed by atoms with E-state index in [0.717, 1.165) is 30.8 Å². The molecule has 0 aliphatic carbocycles. The van der Waals surface area contributed by atoms with E-state index < -0.39 is 0 Å². The Morgan fingerprint density at radius 2 is 1.91 bits per heavy atom. The lowest BCUT2D eigenvalue weighted by atomic mass is 10.1. The van der Waals surface area contributed by atoms with Crippen LogP contribution in [0.3, 0.4) is 0 Å². The predicted octanol–water partition coefficient (Wildman–Crippen LogP) is 2.61. The molecule has 0 radical (unpaired) electrons. The van der Waals surface area contributed by atoms with Gasteiger partial charge in [0.05, 0.1) is 6.61 Å². The monoisotopic (exact) mass is 299 g/mol. The zero-order valence-corrected chi connectivity index (χ0v) is 13.5. The zero-order chi connectivity index (χ0) is 15.8. The molecule has 0 spiro atoms. The van der Waals surface area contributed by atoms with Crippen molar-refractivity contribution in [3.63, 3.8) is 0 Å². The van der Waals surface area contributed by atoms with E-state index in [-0.39, 0.29) is 0 Å². The van der Waals surface area contributed by atoms with Gasteiger partial charge < -0.3 is 15.4 Å². The van der Waals surface area contributed by atoms with Crippen molar-refractivity contribution in [3.05, 3.63) is 59.4 Å². The van der Waals surface area contributed by atoms with Crippen LogP contribution in [0.2, 0.25) is 0 Å². The summed E-state index contributed by atoms with van der Waals surface area (Å²) in [6, 6.07) is 10.4. The summed E-state index contributed by atoms with van der Waals surface area (Å²) in [7, 11) is 2.14. The van der Waals surface area contributed by atoms with E-state index in [4.69, 9.17) is 10.5 Å². The van der Waals surface area contributed by atoms with Gasteiger partial charge in [0.15, 0.2) is 0 Å². The first-order valence-electron chi connectivity index (χ1n) is 7.75. The summed E-state index contributed by atoms with van der Waals surface area (Å²) in [5.41, 5.74) is 9.37. The van der Waals surface area contributed by atoms with E-state index in [0.29, 0.717) is 13.2 Å². The molecule has 0 fully saturated rings. The van der Waals surface area contributed by atoms with Gasteiger partial charge in [-0.3, -0.25) is 4.98 Å². The molecule has 0 saturated carbocycles. The highest BCUT2D eigenvalue weighted by Crippen LogP contribution is 2.21. The Morgan fingerprint density at radius 3 is 2.59 bits per heavy atom. The van der Waals surface area contributed by atoms with Crippen molar-refractivity contribution in [1.29, 1.82) is 0 Å².